The minimum Gasteiger partial charge on any atom is -0.0928 e. The van der Waals surface area contributed by atoms with Crippen LogP contribution >= 0.6 is 15.9 Å². The summed E-state index contributed by atoms with van der Waals surface area (Å²) >= 11 is 3.55. The maximum atomic E-state index is 3.55. The van der Waals surface area contributed by atoms with Crippen LogP contribution in [-0.2, 0) is 32.1 Å². The van der Waals surface area contributed by atoms with Crippen molar-refractivity contribution in [2.24, 2.45) is 0 Å². The molecule has 0 fully saturated rings. The Morgan fingerprint density at radius 2 is 1.35 bits per heavy atom. The molecule has 4 aliphatic rings. The lowest BCUT2D eigenvalue weighted by atomic mass is 9.92. The van der Waals surface area contributed by atoms with Gasteiger partial charge in [-0.1, -0.05) is 58.4 Å². The topological polar surface area (TPSA) is 0 Å². The molecule has 4 bridgehead atoms. The lowest BCUT2D eigenvalue weighted by Crippen LogP contribution is -2.02. The van der Waals surface area contributed by atoms with E-state index in [4.69, 9.17) is 0 Å². The number of halogens is 1. The third kappa shape index (κ3) is 3.32. The van der Waals surface area contributed by atoms with Crippen molar-refractivity contribution in [3.05, 3.63) is 70.3 Å². The molecule has 0 unspecified atom stereocenters. The summed E-state index contributed by atoms with van der Waals surface area (Å²) in [6, 6.07) is 16.4. The second-order valence-electron chi connectivity index (χ2n) is 5.71. The summed E-state index contributed by atoms with van der Waals surface area (Å²) in [4.78, 5) is 0. The average Bonchev–Trinajstić information content (AvgIpc) is 2.48. The molecule has 0 nitrogen and oxygen atoms in total. The first-order valence-electron chi connectivity index (χ1n) is 7.59. The normalized spacial score (nSPS) is 14.1. The molecule has 1 heteroatoms. The second kappa shape index (κ2) is 6.58. The van der Waals surface area contributed by atoms with E-state index in [0.717, 1.165) is 31.0 Å². The monoisotopic (exact) mass is 328 g/mol. The van der Waals surface area contributed by atoms with Gasteiger partial charge >= 0.3 is 0 Å². The van der Waals surface area contributed by atoms with Gasteiger partial charge in [0.05, 0.1) is 0 Å². The Morgan fingerprint density at radius 1 is 0.750 bits per heavy atom. The van der Waals surface area contributed by atoms with E-state index in [9.17, 15) is 0 Å². The minimum atomic E-state index is 1.09. The number of aryl methyl sites for hydroxylation is 5. The molecule has 0 N–H and O–H groups in total. The van der Waals surface area contributed by atoms with Crippen LogP contribution in [0.25, 0.3) is 0 Å². The van der Waals surface area contributed by atoms with Gasteiger partial charge < -0.3 is 0 Å². The van der Waals surface area contributed by atoms with E-state index in [-0.39, 0.29) is 0 Å². The van der Waals surface area contributed by atoms with Crippen molar-refractivity contribution >= 4 is 15.9 Å². The highest BCUT2D eigenvalue weighted by molar-refractivity contribution is 9.09. The van der Waals surface area contributed by atoms with Crippen LogP contribution in [0.15, 0.2) is 42.5 Å². The van der Waals surface area contributed by atoms with Gasteiger partial charge in [-0.15, -0.1) is 0 Å². The van der Waals surface area contributed by atoms with Crippen molar-refractivity contribution in [1.82, 2.24) is 0 Å². The highest BCUT2D eigenvalue weighted by atomic mass is 79.9. The van der Waals surface area contributed by atoms with Gasteiger partial charge in [0, 0.05) is 5.33 Å². The molecular weight excluding hydrogens is 308 g/mol. The predicted molar refractivity (Wildman–Crippen MR) is 89.8 cm³/mol. The fraction of sp³-hybridized carbons (Fsp3) is 0.368. The smallest absolute Gasteiger partial charge is 0.00344 e. The molecule has 0 aromatic heterocycles. The summed E-state index contributed by atoms with van der Waals surface area (Å²) in [7, 11) is 0. The number of hydrogen-bond donors (Lipinski definition) is 0. The van der Waals surface area contributed by atoms with Gasteiger partial charge in [-0.05, 0) is 66.3 Å². The van der Waals surface area contributed by atoms with E-state index in [2.05, 4.69) is 58.4 Å². The molecule has 0 amide bonds. The zero-order valence-corrected chi connectivity index (χ0v) is 13.5. The number of alkyl halides is 1. The Kier molecular flexibility index (Phi) is 4.57. The summed E-state index contributed by atoms with van der Waals surface area (Å²) in [5, 5.41) is 1.09. The average molecular weight is 329 g/mol. The third-order valence-corrected chi connectivity index (χ3v) is 4.82. The van der Waals surface area contributed by atoms with Crippen molar-refractivity contribution in [2.45, 2.75) is 38.5 Å². The van der Waals surface area contributed by atoms with E-state index in [1.54, 1.807) is 11.1 Å². The number of benzene rings is 2. The van der Waals surface area contributed by atoms with Crippen molar-refractivity contribution in [3.63, 3.8) is 0 Å². The van der Waals surface area contributed by atoms with Crippen molar-refractivity contribution in [2.75, 3.05) is 5.33 Å². The third-order valence-electron chi connectivity index (χ3n) is 4.26. The standard InChI is InChI=1S/C19H21Br/c20-13-1-2-19-14-17-8-7-15-3-5-16(6-4-15)9-11-18(19)12-10-17/h3-6,10,12,14H,1-2,7-9,11,13H2. The van der Waals surface area contributed by atoms with Crippen LogP contribution in [-0.4, -0.2) is 5.33 Å². The first-order valence-corrected chi connectivity index (χ1v) is 8.72. The second-order valence-corrected chi connectivity index (χ2v) is 6.51. The Bertz CT molecular complexity index is 569. The van der Waals surface area contributed by atoms with Gasteiger partial charge in [0.1, 0.15) is 0 Å². The molecule has 2 aromatic carbocycles. The number of hydrogen-bond acceptors (Lipinski definition) is 0. The van der Waals surface area contributed by atoms with Crippen molar-refractivity contribution in [3.8, 4) is 0 Å². The van der Waals surface area contributed by atoms with Crippen LogP contribution in [0.3, 0.4) is 0 Å². The lowest BCUT2D eigenvalue weighted by molar-refractivity contribution is 0.866. The summed E-state index contributed by atoms with van der Waals surface area (Å²) in [6.07, 6.45) is 7.05. The molecule has 0 saturated carbocycles. The molecule has 0 saturated heterocycles. The van der Waals surface area contributed by atoms with Crippen LogP contribution in [0.1, 0.15) is 34.2 Å². The van der Waals surface area contributed by atoms with Gasteiger partial charge in [-0.3, -0.25) is 0 Å². The maximum absolute atomic E-state index is 3.55. The van der Waals surface area contributed by atoms with Gasteiger partial charge in [-0.25, -0.2) is 0 Å². The first kappa shape index (κ1) is 13.9. The lowest BCUT2D eigenvalue weighted by Gasteiger charge is -2.14. The molecule has 0 radical (unpaired) electrons. The highest BCUT2D eigenvalue weighted by Crippen LogP contribution is 2.20. The zero-order valence-electron chi connectivity index (χ0n) is 11.9. The van der Waals surface area contributed by atoms with Gasteiger partial charge in [0.15, 0.2) is 0 Å². The largest absolute Gasteiger partial charge is 0.0928 e. The van der Waals surface area contributed by atoms with Crippen molar-refractivity contribution in [1.29, 1.82) is 0 Å². The van der Waals surface area contributed by atoms with Crippen LogP contribution < -0.4 is 0 Å². The summed E-state index contributed by atoms with van der Waals surface area (Å²) in [5.41, 5.74) is 7.52. The Labute approximate surface area is 130 Å². The quantitative estimate of drug-likeness (QED) is 0.703. The SMILES string of the molecule is BrCCCc1cc2ccc1CCc1ccc(cc1)CC2. The molecular formula is C19H21Br. The van der Waals surface area contributed by atoms with Gasteiger partial charge in [-0.2, -0.15) is 0 Å². The van der Waals surface area contributed by atoms with E-state index >= 15 is 0 Å². The van der Waals surface area contributed by atoms with E-state index in [1.165, 1.54) is 29.5 Å². The van der Waals surface area contributed by atoms with Gasteiger partial charge in [0.25, 0.3) is 0 Å². The molecule has 0 spiro atoms. The molecule has 2 aromatic rings. The molecule has 0 aliphatic heterocycles. The Morgan fingerprint density at radius 3 is 2.05 bits per heavy atom. The minimum absolute atomic E-state index is 1.09. The molecule has 4 aliphatic carbocycles. The Hall–Kier alpha value is -1.08. The summed E-state index contributed by atoms with van der Waals surface area (Å²) in [5.74, 6) is 0. The number of rotatable bonds is 3. The highest BCUT2D eigenvalue weighted by Gasteiger charge is 2.07. The van der Waals surface area contributed by atoms with Crippen LogP contribution in [0.2, 0.25) is 0 Å². The molecule has 104 valence electrons. The predicted octanol–water partition coefficient (Wildman–Crippen LogP) is 4.90. The van der Waals surface area contributed by atoms with Crippen molar-refractivity contribution < 1.29 is 0 Å². The van der Waals surface area contributed by atoms with E-state index in [0.29, 0.717) is 0 Å². The maximum Gasteiger partial charge on any atom is 0.00344 e. The van der Waals surface area contributed by atoms with Gasteiger partial charge in [0.2, 0.25) is 0 Å². The van der Waals surface area contributed by atoms with Crippen LogP contribution in [0, 0.1) is 0 Å². The molecule has 6 rings (SSSR count). The molecule has 0 heterocycles. The zero-order chi connectivity index (χ0) is 13.8. The van der Waals surface area contributed by atoms with E-state index < -0.39 is 0 Å². The first-order chi connectivity index (χ1) is 9.85. The summed E-state index contributed by atoms with van der Waals surface area (Å²) < 4.78 is 0. The van der Waals surface area contributed by atoms with Crippen LogP contribution in [0.4, 0.5) is 0 Å². The van der Waals surface area contributed by atoms with Crippen LogP contribution in [0.5, 0.6) is 0 Å². The molecule has 0 atom stereocenters. The summed E-state index contributed by atoms with van der Waals surface area (Å²) in [6.45, 7) is 0. The molecule has 20 heavy (non-hydrogen) atoms. The van der Waals surface area contributed by atoms with E-state index in [1.807, 2.05) is 0 Å². The fourth-order valence-corrected chi connectivity index (χ4v) is 3.29. The Balaban J connectivity index is 1.91. The fourth-order valence-electron chi connectivity index (χ4n) is 3.01.